The number of likely N-dealkylation sites (N-methyl/N-ethyl adjacent to an activating group) is 1. The van der Waals surface area contributed by atoms with Gasteiger partial charge in [0, 0.05) is 25.6 Å². The molecule has 7 heteroatoms. The third-order valence-corrected chi connectivity index (χ3v) is 5.32. The van der Waals surface area contributed by atoms with Crippen molar-refractivity contribution in [2.75, 3.05) is 33.8 Å². The molecule has 1 N–H and O–H groups in total. The minimum Gasteiger partial charge on any atom is -0.496 e. The summed E-state index contributed by atoms with van der Waals surface area (Å²) >= 11 is 0. The molecule has 0 radical (unpaired) electrons. The average Bonchev–Trinajstić information content (AvgIpc) is 2.67. The third-order valence-electron chi connectivity index (χ3n) is 5.32. The zero-order valence-corrected chi connectivity index (χ0v) is 17.1. The minimum absolute atomic E-state index is 0.00801. The van der Waals surface area contributed by atoms with E-state index in [4.69, 9.17) is 9.84 Å². The molecule has 0 atom stereocenters. The van der Waals surface area contributed by atoms with E-state index < -0.39 is 11.4 Å². The Morgan fingerprint density at radius 1 is 1.21 bits per heavy atom. The van der Waals surface area contributed by atoms with Crippen molar-refractivity contribution in [1.82, 2.24) is 9.80 Å². The van der Waals surface area contributed by atoms with Gasteiger partial charge in [0.2, 0.25) is 11.8 Å². The molecule has 0 spiro atoms. The first-order valence-corrected chi connectivity index (χ1v) is 9.53. The summed E-state index contributed by atoms with van der Waals surface area (Å²) < 4.78 is 5.37. The molecule has 0 bridgehead atoms. The number of piperidine rings is 1. The van der Waals surface area contributed by atoms with Crippen LogP contribution in [-0.2, 0) is 20.8 Å². The molecule has 1 aliphatic heterocycles. The van der Waals surface area contributed by atoms with Gasteiger partial charge in [-0.05, 0) is 30.9 Å². The second-order valence-electron chi connectivity index (χ2n) is 8.03. The van der Waals surface area contributed by atoms with Crippen molar-refractivity contribution < 1.29 is 24.2 Å². The number of aliphatic carboxylic acids is 1. The molecule has 0 aliphatic carbocycles. The molecule has 0 unspecified atom stereocenters. The fourth-order valence-corrected chi connectivity index (χ4v) is 3.67. The number of rotatable bonds is 7. The first kappa shape index (κ1) is 21.7. The molecular formula is C21H30N2O5. The van der Waals surface area contributed by atoms with E-state index in [2.05, 4.69) is 0 Å². The van der Waals surface area contributed by atoms with Gasteiger partial charge in [-0.2, -0.15) is 0 Å². The van der Waals surface area contributed by atoms with Crippen molar-refractivity contribution in [3.05, 3.63) is 29.8 Å². The van der Waals surface area contributed by atoms with Crippen LogP contribution in [0, 0.1) is 11.3 Å². The number of amides is 2. The van der Waals surface area contributed by atoms with Crippen molar-refractivity contribution in [3.8, 4) is 5.75 Å². The second kappa shape index (κ2) is 9.08. The molecule has 7 nitrogen and oxygen atoms in total. The largest absolute Gasteiger partial charge is 0.496 e. The Bertz CT molecular complexity index is 723. The highest BCUT2D eigenvalue weighted by Crippen LogP contribution is 2.29. The number of nitrogens with zero attached hydrogens (tertiary/aromatic N) is 2. The molecule has 1 aromatic rings. The Labute approximate surface area is 166 Å². The molecule has 1 fully saturated rings. The van der Waals surface area contributed by atoms with Gasteiger partial charge in [-0.1, -0.05) is 32.0 Å². The zero-order valence-electron chi connectivity index (χ0n) is 17.1. The van der Waals surface area contributed by atoms with Gasteiger partial charge in [0.1, 0.15) is 5.75 Å². The predicted octanol–water partition coefficient (Wildman–Crippen LogP) is 2.05. The fraction of sp³-hybridized carbons (Fsp3) is 0.571. The van der Waals surface area contributed by atoms with Gasteiger partial charge in [-0.25, -0.2) is 0 Å². The number of likely N-dealkylation sites (tertiary alicyclic amines) is 1. The summed E-state index contributed by atoms with van der Waals surface area (Å²) in [7, 11) is 3.24. The number of benzene rings is 1. The van der Waals surface area contributed by atoms with Crippen LogP contribution in [0.5, 0.6) is 5.75 Å². The summed E-state index contributed by atoms with van der Waals surface area (Å²) in [6, 6.07) is 7.59. The van der Waals surface area contributed by atoms with Crippen LogP contribution < -0.4 is 4.74 Å². The topological polar surface area (TPSA) is 87.2 Å². The number of para-hydroxylation sites is 1. The molecule has 0 aromatic heterocycles. The molecule has 28 heavy (non-hydrogen) atoms. The quantitative estimate of drug-likeness (QED) is 0.770. The van der Waals surface area contributed by atoms with Gasteiger partial charge in [0.05, 0.1) is 19.6 Å². The van der Waals surface area contributed by atoms with E-state index in [9.17, 15) is 14.4 Å². The molecule has 0 saturated carbocycles. The lowest BCUT2D eigenvalue weighted by atomic mass is 9.84. The summed E-state index contributed by atoms with van der Waals surface area (Å²) in [6.45, 7) is 4.55. The standard InChI is InChI=1S/C21H30N2O5/c1-21(2,13-16-7-5-6-8-17(16)28-4)20(27)22(3)14-18(24)23-11-9-15(10-12-23)19(25)26/h5-8,15H,9-14H2,1-4H3,(H,25,26). The van der Waals surface area contributed by atoms with Crippen LogP contribution in [0.15, 0.2) is 24.3 Å². The highest BCUT2D eigenvalue weighted by atomic mass is 16.5. The highest BCUT2D eigenvalue weighted by molar-refractivity contribution is 5.87. The van der Waals surface area contributed by atoms with Crippen LogP contribution in [-0.4, -0.2) is 66.5 Å². The Hall–Kier alpha value is -2.57. The molecule has 1 aromatic carbocycles. The van der Waals surface area contributed by atoms with Crippen molar-refractivity contribution in [2.24, 2.45) is 11.3 Å². The Morgan fingerprint density at radius 3 is 2.39 bits per heavy atom. The minimum atomic E-state index is -0.808. The number of ether oxygens (including phenoxy) is 1. The lowest BCUT2D eigenvalue weighted by molar-refractivity contribution is -0.147. The molecule has 2 rings (SSSR count). The third kappa shape index (κ3) is 5.24. The van der Waals surface area contributed by atoms with Crippen LogP contribution in [0.1, 0.15) is 32.3 Å². The lowest BCUT2D eigenvalue weighted by Gasteiger charge is -2.33. The van der Waals surface area contributed by atoms with Gasteiger partial charge >= 0.3 is 5.97 Å². The SMILES string of the molecule is COc1ccccc1CC(C)(C)C(=O)N(C)CC(=O)N1CCC(C(=O)O)CC1. The van der Waals surface area contributed by atoms with Crippen LogP contribution in [0.3, 0.4) is 0 Å². The van der Waals surface area contributed by atoms with Crippen molar-refractivity contribution in [2.45, 2.75) is 33.1 Å². The zero-order chi connectivity index (χ0) is 20.9. The maximum absolute atomic E-state index is 13.0. The number of methoxy groups -OCH3 is 1. The van der Waals surface area contributed by atoms with Crippen molar-refractivity contribution >= 4 is 17.8 Å². The van der Waals surface area contributed by atoms with Gasteiger partial charge in [0.15, 0.2) is 0 Å². The maximum atomic E-state index is 13.0. The van der Waals surface area contributed by atoms with E-state index in [-0.39, 0.29) is 24.3 Å². The Kier molecular flexibility index (Phi) is 7.05. The summed E-state index contributed by atoms with van der Waals surface area (Å²) in [5, 5.41) is 9.06. The van der Waals surface area contributed by atoms with Gasteiger partial charge < -0.3 is 19.6 Å². The predicted molar refractivity (Wildman–Crippen MR) is 105 cm³/mol. The van der Waals surface area contributed by atoms with Crippen LogP contribution in [0.25, 0.3) is 0 Å². The Morgan fingerprint density at radius 2 is 1.82 bits per heavy atom. The van der Waals surface area contributed by atoms with Gasteiger partial charge in [0.25, 0.3) is 0 Å². The van der Waals surface area contributed by atoms with Crippen LogP contribution >= 0.6 is 0 Å². The van der Waals surface area contributed by atoms with E-state index >= 15 is 0 Å². The molecule has 2 amide bonds. The maximum Gasteiger partial charge on any atom is 0.306 e. The molecule has 1 heterocycles. The smallest absolute Gasteiger partial charge is 0.306 e. The number of hydrogen-bond acceptors (Lipinski definition) is 4. The second-order valence-corrected chi connectivity index (χ2v) is 8.03. The molecule has 154 valence electrons. The number of hydrogen-bond donors (Lipinski definition) is 1. The fourth-order valence-electron chi connectivity index (χ4n) is 3.67. The molecule has 1 aliphatic rings. The summed E-state index contributed by atoms with van der Waals surface area (Å²) in [5.74, 6) is -0.718. The van der Waals surface area contributed by atoms with Gasteiger partial charge in [-0.3, -0.25) is 14.4 Å². The summed E-state index contributed by atoms with van der Waals surface area (Å²) in [6.07, 6.45) is 1.41. The molecule has 1 saturated heterocycles. The number of carbonyl (C=O) groups excluding carboxylic acids is 2. The van der Waals surface area contributed by atoms with Crippen LogP contribution in [0.4, 0.5) is 0 Å². The molecular weight excluding hydrogens is 360 g/mol. The first-order chi connectivity index (χ1) is 13.2. The van der Waals surface area contributed by atoms with Crippen molar-refractivity contribution in [1.29, 1.82) is 0 Å². The van der Waals surface area contributed by atoms with Gasteiger partial charge in [-0.15, -0.1) is 0 Å². The number of carboxylic acids is 1. The van der Waals surface area contributed by atoms with E-state index in [0.717, 1.165) is 11.3 Å². The Balaban J connectivity index is 1.95. The van der Waals surface area contributed by atoms with E-state index in [1.165, 1.54) is 4.90 Å². The first-order valence-electron chi connectivity index (χ1n) is 9.53. The highest BCUT2D eigenvalue weighted by Gasteiger charge is 2.34. The van der Waals surface area contributed by atoms with Crippen molar-refractivity contribution in [3.63, 3.8) is 0 Å². The lowest BCUT2D eigenvalue weighted by Crippen LogP contribution is -2.48. The number of carboxylic acid groups (broad SMARTS) is 1. The normalized spacial score (nSPS) is 15.2. The average molecular weight is 390 g/mol. The van der Waals surface area contributed by atoms with E-state index in [1.807, 2.05) is 38.1 Å². The monoisotopic (exact) mass is 390 g/mol. The van der Waals surface area contributed by atoms with E-state index in [1.54, 1.807) is 19.1 Å². The van der Waals surface area contributed by atoms with E-state index in [0.29, 0.717) is 32.4 Å². The summed E-state index contributed by atoms with van der Waals surface area (Å²) in [4.78, 5) is 39.7. The number of carbonyl (C=O) groups is 3. The summed E-state index contributed by atoms with van der Waals surface area (Å²) in [5.41, 5.74) is 0.249. The van der Waals surface area contributed by atoms with Crippen LogP contribution in [0.2, 0.25) is 0 Å².